The van der Waals surface area contributed by atoms with Crippen LogP contribution in [-0.4, -0.2) is 71.4 Å². The van der Waals surface area contributed by atoms with Crippen molar-refractivity contribution in [3.05, 3.63) is 65.2 Å². The maximum absolute atomic E-state index is 13.8. The SMILES string of the molecule is O=C(c1ccc(F)cc1)c1ncccc1C1CCCN1C1CCCN1C(=O)C1CC2(CCNCC2)CN1. The number of hydrogen-bond acceptors (Lipinski definition) is 6. The van der Waals surface area contributed by atoms with E-state index >= 15 is 0 Å². The van der Waals surface area contributed by atoms with Crippen molar-refractivity contribution in [3.8, 4) is 0 Å². The van der Waals surface area contributed by atoms with Crippen LogP contribution in [0.2, 0.25) is 0 Å². The van der Waals surface area contributed by atoms with Gasteiger partial charge < -0.3 is 15.5 Å². The number of piperidine rings is 1. The maximum Gasteiger partial charge on any atom is 0.240 e. The molecule has 0 radical (unpaired) electrons. The predicted molar refractivity (Wildman–Crippen MR) is 138 cm³/mol. The minimum Gasteiger partial charge on any atom is -0.326 e. The largest absolute Gasteiger partial charge is 0.326 e. The van der Waals surface area contributed by atoms with Gasteiger partial charge in [-0.15, -0.1) is 0 Å². The lowest BCUT2D eigenvalue weighted by Crippen LogP contribution is -2.52. The molecule has 6 rings (SSSR count). The molecule has 4 aliphatic rings. The monoisotopic (exact) mass is 505 g/mol. The van der Waals surface area contributed by atoms with Gasteiger partial charge in [-0.1, -0.05) is 6.07 Å². The zero-order valence-corrected chi connectivity index (χ0v) is 21.3. The summed E-state index contributed by atoms with van der Waals surface area (Å²) in [6, 6.07) is 9.45. The Morgan fingerprint density at radius 1 is 1.03 bits per heavy atom. The molecule has 37 heavy (non-hydrogen) atoms. The Morgan fingerprint density at radius 2 is 1.81 bits per heavy atom. The van der Waals surface area contributed by atoms with Crippen LogP contribution in [0, 0.1) is 11.2 Å². The third kappa shape index (κ3) is 4.71. The molecule has 8 heteroatoms. The molecule has 0 aliphatic carbocycles. The van der Waals surface area contributed by atoms with Crippen LogP contribution >= 0.6 is 0 Å². The number of rotatable bonds is 5. The van der Waals surface area contributed by atoms with Gasteiger partial charge in [0.15, 0.2) is 0 Å². The summed E-state index contributed by atoms with van der Waals surface area (Å²) >= 11 is 0. The van der Waals surface area contributed by atoms with Crippen molar-refractivity contribution in [2.75, 3.05) is 32.7 Å². The molecule has 1 aromatic carbocycles. The zero-order valence-electron chi connectivity index (χ0n) is 21.3. The van der Waals surface area contributed by atoms with E-state index in [1.165, 1.54) is 24.3 Å². The quantitative estimate of drug-likeness (QED) is 0.608. The lowest BCUT2D eigenvalue weighted by Gasteiger charge is -2.38. The summed E-state index contributed by atoms with van der Waals surface area (Å²) in [6.45, 7) is 4.68. The molecule has 4 saturated heterocycles. The van der Waals surface area contributed by atoms with Crippen LogP contribution in [0.15, 0.2) is 42.6 Å². The van der Waals surface area contributed by atoms with Crippen molar-refractivity contribution in [1.82, 2.24) is 25.4 Å². The predicted octanol–water partition coefficient (Wildman–Crippen LogP) is 3.27. The number of ketones is 1. The number of carbonyl (C=O) groups is 2. The summed E-state index contributed by atoms with van der Waals surface area (Å²) in [6.07, 6.45) is 8.76. The highest BCUT2D eigenvalue weighted by Gasteiger charge is 2.46. The second-order valence-corrected chi connectivity index (χ2v) is 11.2. The molecule has 0 saturated carbocycles. The Hall–Kier alpha value is -2.68. The van der Waals surface area contributed by atoms with Gasteiger partial charge in [-0.3, -0.25) is 19.5 Å². The number of nitrogens with zero attached hydrogens (tertiary/aromatic N) is 3. The average Bonchev–Trinajstić information content (AvgIpc) is 3.69. The molecule has 0 bridgehead atoms. The minimum atomic E-state index is -0.367. The van der Waals surface area contributed by atoms with Crippen LogP contribution < -0.4 is 10.6 Å². The summed E-state index contributed by atoms with van der Waals surface area (Å²) in [5.74, 6) is -0.324. The van der Waals surface area contributed by atoms with E-state index in [0.717, 1.165) is 83.2 Å². The molecule has 3 unspecified atom stereocenters. The molecular weight excluding hydrogens is 469 g/mol. The molecule has 1 amide bonds. The van der Waals surface area contributed by atoms with Crippen molar-refractivity contribution in [1.29, 1.82) is 0 Å². The standard InChI is InChI=1S/C29H36FN5O2/c30-21-9-7-20(8-10-21)27(36)26-22(4-1-13-32-26)24-5-2-16-34(24)25-6-3-17-35(25)28(37)23-18-29(19-33-23)11-14-31-15-12-29/h1,4,7-10,13,23-25,31,33H,2-3,5-6,11-12,14-19H2. The fourth-order valence-electron chi connectivity index (χ4n) is 7.07. The van der Waals surface area contributed by atoms with E-state index in [1.807, 2.05) is 12.1 Å². The molecule has 4 fully saturated rings. The van der Waals surface area contributed by atoms with Gasteiger partial charge >= 0.3 is 0 Å². The van der Waals surface area contributed by atoms with Gasteiger partial charge in [-0.25, -0.2) is 4.39 Å². The first kappa shape index (κ1) is 24.6. The number of amides is 1. The summed E-state index contributed by atoms with van der Waals surface area (Å²) in [5.41, 5.74) is 2.01. The summed E-state index contributed by atoms with van der Waals surface area (Å²) < 4.78 is 13.4. The van der Waals surface area contributed by atoms with Gasteiger partial charge in [0, 0.05) is 37.4 Å². The Morgan fingerprint density at radius 3 is 2.62 bits per heavy atom. The molecule has 2 N–H and O–H groups in total. The number of hydrogen-bond donors (Lipinski definition) is 2. The Bertz CT molecular complexity index is 1150. The van der Waals surface area contributed by atoms with Gasteiger partial charge in [-0.05, 0) is 99.3 Å². The molecule has 3 atom stereocenters. The molecule has 7 nitrogen and oxygen atoms in total. The Balaban J connectivity index is 1.22. The summed E-state index contributed by atoms with van der Waals surface area (Å²) in [4.78, 5) is 36.2. The van der Waals surface area contributed by atoms with Crippen LogP contribution in [0.25, 0.3) is 0 Å². The zero-order chi connectivity index (χ0) is 25.4. The first-order valence-corrected chi connectivity index (χ1v) is 13.8. The van der Waals surface area contributed by atoms with Crippen molar-refractivity contribution >= 4 is 11.7 Å². The van der Waals surface area contributed by atoms with E-state index in [1.54, 1.807) is 6.20 Å². The van der Waals surface area contributed by atoms with Crippen molar-refractivity contribution in [2.24, 2.45) is 5.41 Å². The Kier molecular flexibility index (Phi) is 6.82. The highest BCUT2D eigenvalue weighted by molar-refractivity contribution is 6.08. The summed E-state index contributed by atoms with van der Waals surface area (Å²) in [5, 5.41) is 7.02. The average molecular weight is 506 g/mol. The van der Waals surface area contributed by atoms with E-state index in [0.29, 0.717) is 11.3 Å². The van der Waals surface area contributed by atoms with Gasteiger partial charge in [0.1, 0.15) is 11.5 Å². The second-order valence-electron chi connectivity index (χ2n) is 11.2. The lowest BCUT2D eigenvalue weighted by molar-refractivity contribution is -0.137. The molecule has 1 spiro atoms. The Labute approximate surface area is 217 Å². The van der Waals surface area contributed by atoms with E-state index in [9.17, 15) is 14.0 Å². The molecular formula is C29H36FN5O2. The highest BCUT2D eigenvalue weighted by atomic mass is 19.1. The van der Waals surface area contributed by atoms with Crippen LogP contribution in [0.1, 0.15) is 72.6 Å². The third-order valence-electron chi connectivity index (χ3n) is 9.02. The molecule has 4 aliphatic heterocycles. The first-order valence-electron chi connectivity index (χ1n) is 13.8. The van der Waals surface area contributed by atoms with Gasteiger partial charge in [0.25, 0.3) is 0 Å². The van der Waals surface area contributed by atoms with Crippen LogP contribution in [-0.2, 0) is 4.79 Å². The smallest absolute Gasteiger partial charge is 0.240 e. The maximum atomic E-state index is 13.8. The minimum absolute atomic E-state index is 0.0267. The number of aromatic nitrogens is 1. The van der Waals surface area contributed by atoms with Gasteiger partial charge in [0.05, 0.1) is 12.2 Å². The normalized spacial score (nSPS) is 27.7. The molecule has 5 heterocycles. The van der Waals surface area contributed by atoms with Gasteiger partial charge in [0.2, 0.25) is 11.7 Å². The van der Waals surface area contributed by atoms with Crippen molar-refractivity contribution in [2.45, 2.75) is 63.2 Å². The number of pyridine rings is 1. The van der Waals surface area contributed by atoms with E-state index in [4.69, 9.17) is 0 Å². The lowest BCUT2D eigenvalue weighted by atomic mass is 9.77. The topological polar surface area (TPSA) is 77.6 Å². The molecule has 196 valence electrons. The number of carbonyl (C=O) groups excluding carboxylic acids is 2. The van der Waals surface area contributed by atoms with Crippen LogP contribution in [0.5, 0.6) is 0 Å². The fourth-order valence-corrected chi connectivity index (χ4v) is 7.07. The van der Waals surface area contributed by atoms with Crippen LogP contribution in [0.4, 0.5) is 4.39 Å². The molecule has 1 aromatic heterocycles. The number of halogens is 1. The second kappa shape index (κ2) is 10.2. The fraction of sp³-hybridized carbons (Fsp3) is 0.552. The van der Waals surface area contributed by atoms with Crippen molar-refractivity contribution < 1.29 is 14.0 Å². The van der Waals surface area contributed by atoms with Crippen LogP contribution in [0.3, 0.4) is 0 Å². The summed E-state index contributed by atoms with van der Waals surface area (Å²) in [7, 11) is 0. The van der Waals surface area contributed by atoms with E-state index in [2.05, 4.69) is 25.4 Å². The highest BCUT2D eigenvalue weighted by Crippen LogP contribution is 2.41. The number of likely N-dealkylation sites (tertiary alicyclic amines) is 2. The van der Waals surface area contributed by atoms with E-state index in [-0.39, 0.29) is 41.2 Å². The van der Waals surface area contributed by atoms with E-state index < -0.39 is 0 Å². The van der Waals surface area contributed by atoms with Crippen molar-refractivity contribution in [3.63, 3.8) is 0 Å². The number of nitrogens with one attached hydrogen (secondary N) is 2. The third-order valence-corrected chi connectivity index (χ3v) is 9.02. The number of benzene rings is 1. The first-order chi connectivity index (χ1) is 18.0. The van der Waals surface area contributed by atoms with Gasteiger partial charge in [-0.2, -0.15) is 0 Å². The molecule has 2 aromatic rings.